The van der Waals surface area contributed by atoms with Gasteiger partial charge in [-0.15, -0.1) is 11.8 Å². The number of rotatable bonds is 2. The summed E-state index contributed by atoms with van der Waals surface area (Å²) in [4.78, 5) is 20.7. The van der Waals surface area contributed by atoms with Gasteiger partial charge in [-0.1, -0.05) is 12.6 Å². The highest BCUT2D eigenvalue weighted by Gasteiger charge is 2.30. The van der Waals surface area contributed by atoms with Gasteiger partial charge in [-0.05, 0) is 18.2 Å². The summed E-state index contributed by atoms with van der Waals surface area (Å²) in [5, 5.41) is 2.55. The van der Waals surface area contributed by atoms with E-state index in [1.54, 1.807) is 18.0 Å². The second kappa shape index (κ2) is 5.01. The Balaban J connectivity index is 1.79. The van der Waals surface area contributed by atoms with Gasteiger partial charge in [-0.3, -0.25) is 14.8 Å². The van der Waals surface area contributed by atoms with Gasteiger partial charge in [-0.25, -0.2) is 0 Å². The molecule has 1 aromatic heterocycles. The number of nitrogens with zero attached hydrogens (tertiary/aromatic N) is 2. The molecule has 19 heavy (non-hydrogen) atoms. The van der Waals surface area contributed by atoms with E-state index >= 15 is 0 Å². The molecule has 3 heterocycles. The lowest BCUT2D eigenvalue weighted by atomic mass is 10.1. The Morgan fingerprint density at radius 3 is 3.05 bits per heavy atom. The molecule has 0 aliphatic carbocycles. The number of pyridine rings is 1. The molecule has 0 spiro atoms. The molecule has 4 nitrogen and oxygen atoms in total. The quantitative estimate of drug-likeness (QED) is 0.890. The summed E-state index contributed by atoms with van der Waals surface area (Å²) in [6.07, 6.45) is 3.74. The molecule has 0 saturated carbocycles. The first-order chi connectivity index (χ1) is 9.24. The molecule has 1 unspecified atom stereocenters. The Bertz CT molecular complexity index is 592. The minimum atomic E-state index is -0.230. The second-order valence-electron chi connectivity index (χ2n) is 4.41. The molecule has 1 N–H and O–H groups in total. The largest absolute Gasteiger partial charge is 0.328 e. The molecule has 0 aromatic carbocycles. The fraction of sp³-hybridized carbons (Fsp3) is 0.214. The number of aliphatic imine (C=N–C) groups is 1. The second-order valence-corrected chi connectivity index (χ2v) is 5.50. The Labute approximate surface area is 115 Å². The maximum absolute atomic E-state index is 11.9. The average molecular weight is 271 g/mol. The van der Waals surface area contributed by atoms with Crippen LogP contribution < -0.4 is 5.32 Å². The van der Waals surface area contributed by atoms with Crippen molar-refractivity contribution in [2.24, 2.45) is 4.99 Å². The standard InChI is InChI=1S/C14H13N3OS/c1-9-8-19-13(14(18)17-9)12-6-10(7-16-12)11-4-2-3-5-15-11/h2-6,13H,1,7-8H2,(H,17,18). The van der Waals surface area contributed by atoms with Crippen molar-refractivity contribution in [3.63, 3.8) is 0 Å². The van der Waals surface area contributed by atoms with Crippen LogP contribution in [-0.4, -0.2) is 34.2 Å². The number of carbonyl (C=O) groups is 1. The smallest absolute Gasteiger partial charge is 0.243 e. The molecule has 96 valence electrons. The van der Waals surface area contributed by atoms with Gasteiger partial charge in [0.25, 0.3) is 0 Å². The van der Waals surface area contributed by atoms with Crippen LogP contribution in [0.5, 0.6) is 0 Å². The van der Waals surface area contributed by atoms with E-state index < -0.39 is 0 Å². The van der Waals surface area contributed by atoms with E-state index in [2.05, 4.69) is 21.9 Å². The minimum absolute atomic E-state index is 0.0291. The van der Waals surface area contributed by atoms with Crippen molar-refractivity contribution >= 4 is 29.0 Å². The number of hydrogen-bond donors (Lipinski definition) is 1. The van der Waals surface area contributed by atoms with E-state index in [0.717, 1.165) is 28.4 Å². The Hall–Kier alpha value is -1.88. The third kappa shape index (κ3) is 2.46. The normalized spacial score (nSPS) is 22.8. The lowest BCUT2D eigenvalue weighted by molar-refractivity contribution is -0.118. The van der Waals surface area contributed by atoms with Crippen LogP contribution in [0, 0.1) is 0 Å². The maximum atomic E-state index is 11.9. The van der Waals surface area contributed by atoms with Crippen molar-refractivity contribution in [1.29, 1.82) is 0 Å². The highest BCUT2D eigenvalue weighted by Crippen LogP contribution is 2.26. The lowest BCUT2D eigenvalue weighted by Crippen LogP contribution is -2.41. The number of allylic oxidation sites excluding steroid dienone is 1. The van der Waals surface area contributed by atoms with Gasteiger partial charge >= 0.3 is 0 Å². The van der Waals surface area contributed by atoms with Crippen molar-refractivity contribution in [2.75, 3.05) is 12.3 Å². The molecule has 0 radical (unpaired) electrons. The third-order valence-corrected chi connectivity index (χ3v) is 4.28. The SMILES string of the molecule is C=C1CSC(C2=NCC(c3ccccn3)=C2)C(=O)N1. The van der Waals surface area contributed by atoms with Gasteiger partial charge in [0.05, 0.1) is 18.0 Å². The molecule has 2 aliphatic heterocycles. The highest BCUT2D eigenvalue weighted by molar-refractivity contribution is 8.01. The van der Waals surface area contributed by atoms with Crippen LogP contribution in [0.15, 0.2) is 47.7 Å². The van der Waals surface area contributed by atoms with Gasteiger partial charge in [0.15, 0.2) is 0 Å². The monoisotopic (exact) mass is 271 g/mol. The third-order valence-electron chi connectivity index (χ3n) is 2.98. The van der Waals surface area contributed by atoms with Crippen molar-refractivity contribution in [2.45, 2.75) is 5.25 Å². The van der Waals surface area contributed by atoms with Crippen molar-refractivity contribution in [3.05, 3.63) is 48.4 Å². The van der Waals surface area contributed by atoms with Crippen LogP contribution in [0.25, 0.3) is 5.57 Å². The lowest BCUT2D eigenvalue weighted by Gasteiger charge is -2.22. The minimum Gasteiger partial charge on any atom is -0.328 e. The van der Waals surface area contributed by atoms with Crippen LogP contribution >= 0.6 is 11.8 Å². The van der Waals surface area contributed by atoms with Crippen LogP contribution in [-0.2, 0) is 4.79 Å². The summed E-state index contributed by atoms with van der Waals surface area (Å²) in [7, 11) is 0. The predicted octanol–water partition coefficient (Wildman–Crippen LogP) is 1.66. The maximum Gasteiger partial charge on any atom is 0.243 e. The molecule has 3 rings (SSSR count). The first kappa shape index (κ1) is 12.2. The van der Waals surface area contributed by atoms with E-state index in [4.69, 9.17) is 0 Å². The van der Waals surface area contributed by atoms with Crippen LogP contribution in [0.1, 0.15) is 5.69 Å². The molecule has 5 heteroatoms. The summed E-state index contributed by atoms with van der Waals surface area (Å²) in [6.45, 7) is 4.36. The zero-order valence-electron chi connectivity index (χ0n) is 10.3. The van der Waals surface area contributed by atoms with E-state index in [9.17, 15) is 4.79 Å². The molecule has 1 aromatic rings. The Kier molecular flexibility index (Phi) is 3.21. The zero-order valence-corrected chi connectivity index (χ0v) is 11.1. The molecule has 1 amide bonds. The number of carbonyl (C=O) groups excluding carboxylic acids is 1. The van der Waals surface area contributed by atoms with Gasteiger partial charge in [-0.2, -0.15) is 0 Å². The first-order valence-corrected chi connectivity index (χ1v) is 7.05. The first-order valence-electron chi connectivity index (χ1n) is 6.00. The Morgan fingerprint density at radius 1 is 1.42 bits per heavy atom. The van der Waals surface area contributed by atoms with Crippen molar-refractivity contribution < 1.29 is 4.79 Å². The summed E-state index contributed by atoms with van der Waals surface area (Å²) in [5.74, 6) is 0.709. The number of aromatic nitrogens is 1. The summed E-state index contributed by atoms with van der Waals surface area (Å²) in [5.41, 5.74) is 3.58. The molecule has 1 fully saturated rings. The molecule has 0 bridgehead atoms. The molecule has 2 aliphatic rings. The van der Waals surface area contributed by atoms with Crippen LogP contribution in [0.3, 0.4) is 0 Å². The van der Waals surface area contributed by atoms with Gasteiger partial charge < -0.3 is 5.32 Å². The van der Waals surface area contributed by atoms with Crippen molar-refractivity contribution in [3.8, 4) is 0 Å². The molecular weight excluding hydrogens is 258 g/mol. The van der Waals surface area contributed by atoms with Crippen molar-refractivity contribution in [1.82, 2.24) is 10.3 Å². The number of hydrogen-bond acceptors (Lipinski definition) is 4. The predicted molar refractivity (Wildman–Crippen MR) is 78.0 cm³/mol. The fourth-order valence-electron chi connectivity index (χ4n) is 2.07. The number of amides is 1. The van der Waals surface area contributed by atoms with Crippen LogP contribution in [0.2, 0.25) is 0 Å². The topological polar surface area (TPSA) is 54.4 Å². The summed E-state index contributed by atoms with van der Waals surface area (Å²) < 4.78 is 0. The van der Waals surface area contributed by atoms with Gasteiger partial charge in [0, 0.05) is 23.2 Å². The van der Waals surface area contributed by atoms with Gasteiger partial charge in [0.2, 0.25) is 5.91 Å². The van der Waals surface area contributed by atoms with Crippen LogP contribution in [0.4, 0.5) is 0 Å². The molecule has 1 saturated heterocycles. The summed E-state index contributed by atoms with van der Waals surface area (Å²) in [6, 6.07) is 5.80. The Morgan fingerprint density at radius 2 is 2.32 bits per heavy atom. The number of nitrogens with one attached hydrogen (secondary N) is 1. The molecule has 1 atom stereocenters. The fourth-order valence-corrected chi connectivity index (χ4v) is 3.03. The van der Waals surface area contributed by atoms with E-state index in [0.29, 0.717) is 6.54 Å². The summed E-state index contributed by atoms with van der Waals surface area (Å²) >= 11 is 1.57. The van der Waals surface area contributed by atoms with E-state index in [1.807, 2.05) is 24.3 Å². The van der Waals surface area contributed by atoms with Gasteiger partial charge in [0.1, 0.15) is 5.25 Å². The highest BCUT2D eigenvalue weighted by atomic mass is 32.2. The average Bonchev–Trinajstić information content (AvgIpc) is 2.89. The zero-order chi connectivity index (χ0) is 13.2. The van der Waals surface area contributed by atoms with E-state index in [1.165, 1.54) is 0 Å². The number of thioether (sulfide) groups is 1. The van der Waals surface area contributed by atoms with E-state index in [-0.39, 0.29) is 11.2 Å². The molecular formula is C14H13N3OS.